The highest BCUT2D eigenvalue weighted by Gasteiger charge is 2.38. The van der Waals surface area contributed by atoms with E-state index >= 15 is 0 Å². The van der Waals surface area contributed by atoms with E-state index in [0.29, 0.717) is 42.2 Å². The van der Waals surface area contributed by atoms with E-state index in [-0.39, 0.29) is 23.5 Å². The van der Waals surface area contributed by atoms with E-state index in [1.165, 1.54) is 24.3 Å². The second kappa shape index (κ2) is 9.60. The van der Waals surface area contributed by atoms with Gasteiger partial charge in [0.25, 0.3) is 5.91 Å². The van der Waals surface area contributed by atoms with Gasteiger partial charge in [-0.25, -0.2) is 0 Å². The van der Waals surface area contributed by atoms with Crippen LogP contribution in [0.15, 0.2) is 48.5 Å². The number of nitrogens with zero attached hydrogens (tertiary/aromatic N) is 1. The van der Waals surface area contributed by atoms with Gasteiger partial charge in [-0.2, -0.15) is 13.2 Å². The Morgan fingerprint density at radius 2 is 1.71 bits per heavy atom. The molecule has 1 aliphatic heterocycles. The maximum absolute atomic E-state index is 12.6. The topological polar surface area (TPSA) is 58.6 Å². The number of rotatable bonds is 5. The molecule has 1 atom stereocenters. The van der Waals surface area contributed by atoms with E-state index in [4.69, 9.17) is 16.3 Å². The Morgan fingerprint density at radius 1 is 1.10 bits per heavy atom. The molecule has 31 heavy (non-hydrogen) atoms. The average Bonchev–Trinajstić information content (AvgIpc) is 2.74. The van der Waals surface area contributed by atoms with Crippen molar-refractivity contribution in [2.75, 3.05) is 18.4 Å². The largest absolute Gasteiger partial charge is 0.481 e. The molecule has 2 aromatic carbocycles. The van der Waals surface area contributed by atoms with Crippen molar-refractivity contribution in [2.24, 2.45) is 5.92 Å². The molecule has 166 valence electrons. The molecule has 3 rings (SSSR count). The Balaban J connectivity index is 1.51. The standard InChI is InChI=1S/C22H22ClF3N2O3/c1-14(22(24,25)26)31-17-8-6-16(7-9-17)27-20(29)15-10-12-28(13-11-15)21(30)18-4-2-3-5-19(18)23/h2-9,14-15H,10-13H2,1H3,(H,27,29). The third-order valence-electron chi connectivity index (χ3n) is 5.15. The smallest absolute Gasteiger partial charge is 0.425 e. The molecule has 1 saturated heterocycles. The van der Waals surface area contributed by atoms with Crippen molar-refractivity contribution in [1.82, 2.24) is 4.90 Å². The fraction of sp³-hybridized carbons (Fsp3) is 0.364. The number of ether oxygens (including phenoxy) is 1. The molecule has 1 unspecified atom stereocenters. The van der Waals surface area contributed by atoms with Crippen LogP contribution >= 0.6 is 11.6 Å². The van der Waals surface area contributed by atoms with Crippen LogP contribution in [-0.4, -0.2) is 42.1 Å². The summed E-state index contributed by atoms with van der Waals surface area (Å²) in [6.07, 6.45) is -5.36. The summed E-state index contributed by atoms with van der Waals surface area (Å²) in [6.45, 7) is 1.80. The summed E-state index contributed by atoms with van der Waals surface area (Å²) in [5, 5.41) is 3.16. The zero-order valence-corrected chi connectivity index (χ0v) is 17.5. The van der Waals surface area contributed by atoms with Gasteiger partial charge in [0.15, 0.2) is 6.10 Å². The number of alkyl halides is 3. The first-order valence-electron chi connectivity index (χ1n) is 9.83. The molecule has 5 nitrogen and oxygen atoms in total. The maximum Gasteiger partial charge on any atom is 0.425 e. The summed E-state index contributed by atoms with van der Waals surface area (Å²) in [6, 6.07) is 12.6. The van der Waals surface area contributed by atoms with E-state index in [1.807, 2.05) is 0 Å². The summed E-state index contributed by atoms with van der Waals surface area (Å²) < 4.78 is 42.6. The predicted molar refractivity (Wildman–Crippen MR) is 111 cm³/mol. The second-order valence-electron chi connectivity index (χ2n) is 7.36. The summed E-state index contributed by atoms with van der Waals surface area (Å²) in [5.41, 5.74) is 0.904. The van der Waals surface area contributed by atoms with Gasteiger partial charge in [-0.1, -0.05) is 23.7 Å². The molecule has 0 bridgehead atoms. The van der Waals surface area contributed by atoms with Crippen LogP contribution in [0, 0.1) is 5.92 Å². The lowest BCUT2D eigenvalue weighted by atomic mass is 9.95. The summed E-state index contributed by atoms with van der Waals surface area (Å²) in [5.74, 6) is -0.555. The van der Waals surface area contributed by atoms with Gasteiger partial charge in [-0.15, -0.1) is 0 Å². The van der Waals surface area contributed by atoms with Crippen LogP contribution in [0.25, 0.3) is 0 Å². The minimum absolute atomic E-state index is 0.0641. The van der Waals surface area contributed by atoms with Gasteiger partial charge < -0.3 is 15.0 Å². The zero-order valence-electron chi connectivity index (χ0n) is 16.8. The van der Waals surface area contributed by atoms with Crippen LogP contribution in [-0.2, 0) is 4.79 Å². The highest BCUT2D eigenvalue weighted by Crippen LogP contribution is 2.27. The van der Waals surface area contributed by atoms with Crippen LogP contribution in [0.1, 0.15) is 30.1 Å². The minimum atomic E-state index is -4.45. The number of hydrogen-bond donors (Lipinski definition) is 1. The number of amides is 2. The number of nitrogens with one attached hydrogen (secondary N) is 1. The fourth-order valence-electron chi connectivity index (χ4n) is 3.28. The normalized spacial score (nSPS) is 16.0. The van der Waals surface area contributed by atoms with Gasteiger partial charge in [0.05, 0.1) is 10.6 Å². The average molecular weight is 455 g/mol. The van der Waals surface area contributed by atoms with Crippen LogP contribution in [0.2, 0.25) is 5.02 Å². The van der Waals surface area contributed by atoms with E-state index in [2.05, 4.69) is 5.32 Å². The second-order valence-corrected chi connectivity index (χ2v) is 7.77. The molecule has 1 N–H and O–H groups in total. The number of carbonyl (C=O) groups excluding carboxylic acids is 2. The van der Waals surface area contributed by atoms with E-state index in [0.717, 1.165) is 6.92 Å². The first-order chi connectivity index (χ1) is 14.6. The molecule has 2 aromatic rings. The summed E-state index contributed by atoms with van der Waals surface area (Å²) in [7, 11) is 0. The molecule has 0 aromatic heterocycles. The molecule has 0 aliphatic carbocycles. The van der Waals surface area contributed by atoms with Crippen LogP contribution in [0.3, 0.4) is 0 Å². The van der Waals surface area contributed by atoms with Crippen LogP contribution in [0.4, 0.5) is 18.9 Å². The maximum atomic E-state index is 12.6. The van der Waals surface area contributed by atoms with Crippen molar-refractivity contribution >= 4 is 29.1 Å². The fourth-order valence-corrected chi connectivity index (χ4v) is 3.50. The third kappa shape index (κ3) is 5.91. The van der Waals surface area contributed by atoms with Crippen molar-refractivity contribution in [3.05, 3.63) is 59.1 Å². The van der Waals surface area contributed by atoms with Crippen molar-refractivity contribution in [3.63, 3.8) is 0 Å². The molecular weight excluding hydrogens is 433 g/mol. The van der Waals surface area contributed by atoms with Crippen LogP contribution in [0.5, 0.6) is 5.75 Å². The Morgan fingerprint density at radius 3 is 2.29 bits per heavy atom. The molecule has 0 spiro atoms. The van der Waals surface area contributed by atoms with Crippen LogP contribution < -0.4 is 10.1 Å². The molecule has 0 radical (unpaired) electrons. The van der Waals surface area contributed by atoms with Crippen molar-refractivity contribution in [1.29, 1.82) is 0 Å². The Labute approximate surface area is 183 Å². The number of likely N-dealkylation sites (tertiary alicyclic amines) is 1. The number of benzene rings is 2. The lowest BCUT2D eigenvalue weighted by Gasteiger charge is -2.31. The van der Waals surface area contributed by atoms with Gasteiger partial charge in [-0.3, -0.25) is 9.59 Å². The Kier molecular flexibility index (Phi) is 7.10. The van der Waals surface area contributed by atoms with Gasteiger partial charge in [-0.05, 0) is 56.2 Å². The van der Waals surface area contributed by atoms with E-state index < -0.39 is 12.3 Å². The lowest BCUT2D eigenvalue weighted by Crippen LogP contribution is -2.41. The summed E-state index contributed by atoms with van der Waals surface area (Å²) >= 11 is 6.09. The lowest BCUT2D eigenvalue weighted by molar-refractivity contribution is -0.189. The van der Waals surface area contributed by atoms with E-state index in [1.54, 1.807) is 29.2 Å². The Hall–Kier alpha value is -2.74. The molecule has 1 heterocycles. The van der Waals surface area contributed by atoms with Gasteiger partial charge in [0, 0.05) is 24.7 Å². The molecule has 1 aliphatic rings. The Bertz CT molecular complexity index is 926. The summed E-state index contributed by atoms with van der Waals surface area (Å²) in [4.78, 5) is 26.8. The quantitative estimate of drug-likeness (QED) is 0.678. The predicted octanol–water partition coefficient (Wildman–Crippen LogP) is 5.16. The number of hydrogen-bond acceptors (Lipinski definition) is 3. The zero-order chi connectivity index (χ0) is 22.6. The number of carbonyl (C=O) groups is 2. The van der Waals surface area contributed by atoms with Crippen molar-refractivity contribution in [2.45, 2.75) is 32.0 Å². The molecule has 0 saturated carbocycles. The number of anilines is 1. The van der Waals surface area contributed by atoms with Crippen molar-refractivity contribution < 1.29 is 27.5 Å². The third-order valence-corrected chi connectivity index (χ3v) is 5.48. The number of piperidine rings is 1. The van der Waals surface area contributed by atoms with Gasteiger partial charge >= 0.3 is 6.18 Å². The highest BCUT2D eigenvalue weighted by molar-refractivity contribution is 6.33. The monoisotopic (exact) mass is 454 g/mol. The first kappa shape index (κ1) is 22.9. The van der Waals surface area contributed by atoms with Crippen molar-refractivity contribution in [3.8, 4) is 5.75 Å². The first-order valence-corrected chi connectivity index (χ1v) is 10.2. The SMILES string of the molecule is CC(Oc1ccc(NC(=O)C2CCN(C(=O)c3ccccc3Cl)CC2)cc1)C(F)(F)F. The molecule has 2 amide bonds. The molecule has 1 fully saturated rings. The van der Waals surface area contributed by atoms with Gasteiger partial charge in [0.2, 0.25) is 5.91 Å². The van der Waals surface area contributed by atoms with E-state index in [9.17, 15) is 22.8 Å². The molecular formula is C22H22ClF3N2O3. The highest BCUT2D eigenvalue weighted by atomic mass is 35.5. The van der Waals surface area contributed by atoms with Gasteiger partial charge in [0.1, 0.15) is 5.75 Å². The minimum Gasteiger partial charge on any atom is -0.481 e. The molecule has 9 heteroatoms. The number of halogens is 4.